The highest BCUT2D eigenvalue weighted by Crippen LogP contribution is 2.64. The number of carbonyl (C=O) groups is 8. The van der Waals surface area contributed by atoms with Crippen LogP contribution in [-0.2, 0) is 66.7 Å². The number of unbranched alkanes of at least 4 members (excludes halogenated alkanes) is 2. The van der Waals surface area contributed by atoms with Crippen LogP contribution in [0.4, 0.5) is 0 Å². The van der Waals surface area contributed by atoms with E-state index in [0.29, 0.717) is 25.2 Å². The summed E-state index contributed by atoms with van der Waals surface area (Å²) in [7, 11) is 0. The third kappa shape index (κ3) is 11.9. The van der Waals surface area contributed by atoms with Crippen molar-refractivity contribution in [3.63, 3.8) is 0 Å². The van der Waals surface area contributed by atoms with Crippen molar-refractivity contribution < 1.29 is 86.8 Å². The molecule has 3 unspecified atom stereocenters. The second kappa shape index (κ2) is 23.5. The Bertz CT molecular complexity index is 2410. The average molecular weight is 1020 g/mol. The molecule has 398 valence electrons. The number of Topliss-reactive ketones (excluding diaryl/α,β-unsaturated/α-hetero) is 2. The lowest BCUT2D eigenvalue weighted by atomic mass is 9.44. The predicted molar refractivity (Wildman–Crippen MR) is 256 cm³/mol. The van der Waals surface area contributed by atoms with Gasteiger partial charge in [0.25, 0.3) is 0 Å². The molecule has 73 heavy (non-hydrogen) atoms. The molecule has 0 radical (unpaired) electrons. The van der Waals surface area contributed by atoms with Crippen molar-refractivity contribution in [3.8, 4) is 0 Å². The first-order valence-corrected chi connectivity index (χ1v) is 24.5. The van der Waals surface area contributed by atoms with Gasteiger partial charge in [-0.1, -0.05) is 62.4 Å². The van der Waals surface area contributed by atoms with Gasteiger partial charge in [-0.15, -0.1) is 0 Å². The Morgan fingerprint density at radius 2 is 1.49 bits per heavy atom. The Morgan fingerprint density at radius 3 is 2.10 bits per heavy atom. The molecule has 2 aromatic carbocycles. The number of ether oxygens (including phenoxy) is 7. The number of aliphatic hydroxyl groups is 3. The number of nitrogens with one attached hydrogen (secondary N) is 2. The third-order valence-corrected chi connectivity index (χ3v) is 14.8. The van der Waals surface area contributed by atoms with E-state index >= 15 is 4.79 Å². The smallest absolute Gasteiger partial charge is 0.350 e. The number of benzene rings is 2. The molecule has 20 heteroatoms. The highest BCUT2D eigenvalue weighted by molar-refractivity contribution is 5.94. The van der Waals surface area contributed by atoms with Crippen LogP contribution in [0.25, 0.3) is 0 Å². The van der Waals surface area contributed by atoms with Crippen LogP contribution in [0.2, 0.25) is 0 Å². The molecule has 2 bridgehead atoms. The molecule has 2 saturated carbocycles. The van der Waals surface area contributed by atoms with Gasteiger partial charge in [0.1, 0.15) is 49.2 Å². The van der Waals surface area contributed by atoms with Crippen molar-refractivity contribution >= 4 is 47.3 Å². The topological polar surface area (TPSA) is 286 Å². The molecule has 1 heterocycles. The van der Waals surface area contributed by atoms with E-state index in [1.54, 1.807) is 48.5 Å². The molecule has 1 aliphatic heterocycles. The first-order chi connectivity index (χ1) is 34.5. The number of rotatable bonds is 22. The Labute approximate surface area is 423 Å². The molecule has 0 spiro atoms. The summed E-state index contributed by atoms with van der Waals surface area (Å²) in [5.74, 6) is -7.93. The van der Waals surface area contributed by atoms with Crippen molar-refractivity contribution in [3.05, 3.63) is 82.9 Å². The van der Waals surface area contributed by atoms with E-state index in [1.165, 1.54) is 53.7 Å². The van der Waals surface area contributed by atoms with Crippen LogP contribution >= 0.6 is 0 Å². The fraction of sp³-hybridized carbons (Fsp3) is 0.585. The number of hydrogen-bond donors (Lipinski definition) is 5. The minimum absolute atomic E-state index is 0.0417. The van der Waals surface area contributed by atoms with Crippen LogP contribution in [-0.4, -0.2) is 150 Å². The lowest BCUT2D eigenvalue weighted by Gasteiger charge is -2.67. The molecular formula is C53H68N2O18. The Morgan fingerprint density at radius 1 is 0.849 bits per heavy atom. The molecule has 2 aromatic rings. The van der Waals surface area contributed by atoms with E-state index in [4.69, 9.17) is 33.2 Å². The van der Waals surface area contributed by atoms with Gasteiger partial charge < -0.3 is 59.1 Å². The lowest BCUT2D eigenvalue weighted by Crippen LogP contribution is -2.81. The Balaban J connectivity index is 1.32. The zero-order valence-corrected chi connectivity index (χ0v) is 42.3. The van der Waals surface area contributed by atoms with Crippen molar-refractivity contribution in [2.24, 2.45) is 16.7 Å². The van der Waals surface area contributed by atoms with E-state index in [0.717, 1.165) is 19.8 Å². The largest absolute Gasteiger partial charge is 0.455 e. The summed E-state index contributed by atoms with van der Waals surface area (Å²) in [6.07, 6.45) is -8.87. The van der Waals surface area contributed by atoms with Crippen molar-refractivity contribution in [2.45, 2.75) is 141 Å². The molecule has 20 nitrogen and oxygen atoms in total. The quantitative estimate of drug-likeness (QED) is 0.0491. The second-order valence-corrected chi connectivity index (χ2v) is 20.0. The summed E-state index contributed by atoms with van der Waals surface area (Å²) in [5.41, 5.74) is -7.72. The van der Waals surface area contributed by atoms with Crippen LogP contribution < -0.4 is 10.6 Å². The Kier molecular flexibility index (Phi) is 18.2. The molecule has 11 atom stereocenters. The third-order valence-electron chi connectivity index (χ3n) is 14.8. The normalized spacial score (nSPS) is 28.8. The van der Waals surface area contributed by atoms with Gasteiger partial charge in [-0.25, -0.2) is 9.59 Å². The van der Waals surface area contributed by atoms with E-state index < -0.39 is 125 Å². The van der Waals surface area contributed by atoms with Crippen LogP contribution in [0.5, 0.6) is 0 Å². The predicted octanol–water partition coefficient (Wildman–Crippen LogP) is 2.72. The zero-order valence-electron chi connectivity index (χ0n) is 42.3. The van der Waals surface area contributed by atoms with E-state index in [2.05, 4.69) is 10.6 Å². The number of carbonyl (C=O) groups excluding carboxylic acids is 8. The standard InChI is InChI=1S/C53H68N2O18/c1-30(56)28-68-23-16-10-15-22-67-24-21-39(60)54-27-40(61)71-44(42(55-32(3)57)34-17-11-8-12-18-34)49(65)70-36-26-53(66)47(72-48(64)35-19-13-9-14-20-35)45-51(7,46(63)43(62)41(31(36)2)50(53,5)6)37(59)25-38-52(45,29-69-38)73-33(4)58/h8-9,11-14,17-20,36-38,42-45,47,59,62,66H,10,15-16,21-29H2,1-7H3,(H,54,60)(H,55,57)/t36-,37-,38?,42-,43+,44+,45?,47-,51?,52-,53+/m0/s1. The van der Waals surface area contributed by atoms with Gasteiger partial charge in [0, 0.05) is 51.7 Å². The maximum atomic E-state index is 15.2. The zero-order chi connectivity index (χ0) is 53.5. The van der Waals surface area contributed by atoms with Gasteiger partial charge in [0.05, 0.1) is 36.2 Å². The molecule has 1 saturated heterocycles. The number of fused-ring (bicyclic) bond motifs is 5. The van der Waals surface area contributed by atoms with Crippen molar-refractivity contribution in [2.75, 3.05) is 39.6 Å². The Hall–Kier alpha value is -5.90. The monoisotopic (exact) mass is 1020 g/mol. The van der Waals surface area contributed by atoms with E-state index in [9.17, 15) is 48.9 Å². The minimum Gasteiger partial charge on any atom is -0.455 e. The maximum Gasteiger partial charge on any atom is 0.350 e. The molecule has 0 aromatic heterocycles. The highest BCUT2D eigenvalue weighted by Gasteiger charge is 2.78. The van der Waals surface area contributed by atoms with Crippen LogP contribution in [0.3, 0.4) is 0 Å². The average Bonchev–Trinajstić information content (AvgIpc) is 3.33. The molecular weight excluding hydrogens is 953 g/mol. The van der Waals surface area contributed by atoms with Gasteiger partial charge in [-0.05, 0) is 68.9 Å². The summed E-state index contributed by atoms with van der Waals surface area (Å²) < 4.78 is 41.1. The first kappa shape index (κ1) is 56.4. The molecule has 2 amide bonds. The molecule has 3 aliphatic carbocycles. The molecule has 6 rings (SSSR count). The summed E-state index contributed by atoms with van der Waals surface area (Å²) in [6.45, 7) is 9.50. The van der Waals surface area contributed by atoms with Crippen LogP contribution in [0.15, 0.2) is 71.8 Å². The highest BCUT2D eigenvalue weighted by atomic mass is 16.6. The number of ketones is 2. The number of aliphatic hydroxyl groups excluding tert-OH is 2. The SMILES string of the molecule is CC(=O)COCCCCCOCCC(=O)NCC(=O)O[C@@H](C(=O)O[C@H]1C[C@@]2(O)[C@@H](OC(=O)c3ccccc3)C3C(C)(C(=O)[C@H](O)C(=C1C)C2(C)C)[C@@H](O)CC1OC[C@]13OC(C)=O)[C@@H](NC(C)=O)c1ccccc1. The molecule has 5 N–H and O–H groups in total. The second-order valence-electron chi connectivity index (χ2n) is 20.0. The van der Waals surface area contributed by atoms with Gasteiger partial charge in [0.2, 0.25) is 17.9 Å². The fourth-order valence-corrected chi connectivity index (χ4v) is 11.0. The van der Waals surface area contributed by atoms with Crippen molar-refractivity contribution in [1.82, 2.24) is 10.6 Å². The van der Waals surface area contributed by atoms with Gasteiger partial charge in [-0.3, -0.25) is 28.8 Å². The van der Waals surface area contributed by atoms with E-state index in [-0.39, 0.29) is 55.2 Å². The molecule has 3 fully saturated rings. The maximum absolute atomic E-state index is 15.2. The summed E-state index contributed by atoms with van der Waals surface area (Å²) in [6, 6.07) is 14.4. The van der Waals surface area contributed by atoms with Crippen LogP contribution in [0.1, 0.15) is 109 Å². The number of esters is 4. The number of amides is 2. The lowest BCUT2D eigenvalue weighted by molar-refractivity contribution is -0.346. The summed E-state index contributed by atoms with van der Waals surface area (Å²) in [4.78, 5) is 108. The number of hydrogen-bond acceptors (Lipinski definition) is 18. The van der Waals surface area contributed by atoms with Crippen LogP contribution in [0, 0.1) is 16.7 Å². The first-order valence-electron chi connectivity index (χ1n) is 24.5. The summed E-state index contributed by atoms with van der Waals surface area (Å²) in [5, 5.41) is 43.1. The minimum atomic E-state index is -2.45. The van der Waals surface area contributed by atoms with Crippen molar-refractivity contribution in [1.29, 1.82) is 0 Å². The van der Waals surface area contributed by atoms with Gasteiger partial charge in [-0.2, -0.15) is 0 Å². The fourth-order valence-electron chi connectivity index (χ4n) is 11.0. The molecule has 4 aliphatic rings. The van der Waals surface area contributed by atoms with Gasteiger partial charge >= 0.3 is 23.9 Å². The van der Waals surface area contributed by atoms with E-state index in [1.807, 2.05) is 0 Å². The van der Waals surface area contributed by atoms with Gasteiger partial charge in [0.15, 0.2) is 17.2 Å². The summed E-state index contributed by atoms with van der Waals surface area (Å²) >= 11 is 0.